The Bertz CT molecular complexity index is 581. The van der Waals surface area contributed by atoms with Crippen molar-refractivity contribution in [1.82, 2.24) is 0 Å². The zero-order valence-corrected chi connectivity index (χ0v) is 14.0. The third-order valence-corrected chi connectivity index (χ3v) is 4.65. The number of Topliss-reactive ketones (excluding diaryl/α,β-unsaturated/α-hetero) is 1. The maximum absolute atomic E-state index is 12.5. The van der Waals surface area contributed by atoms with Crippen molar-refractivity contribution in [3.63, 3.8) is 0 Å². The summed E-state index contributed by atoms with van der Waals surface area (Å²) in [5.41, 5.74) is 5.41. The van der Waals surface area contributed by atoms with Crippen molar-refractivity contribution in [1.29, 1.82) is 0 Å². The number of carbonyl (C=O) groups excluding carboxylic acids is 1. The number of benzene rings is 1. The summed E-state index contributed by atoms with van der Waals surface area (Å²) in [6, 6.07) is 4.16. The van der Waals surface area contributed by atoms with Gasteiger partial charge in [0.1, 0.15) is 0 Å². The Morgan fingerprint density at radius 2 is 1.90 bits per heavy atom. The minimum Gasteiger partial charge on any atom is -0.294 e. The molecule has 2 nitrogen and oxygen atoms in total. The van der Waals surface area contributed by atoms with Crippen LogP contribution < -0.4 is 0 Å². The monoisotopic (exact) mass is 285 g/mol. The van der Waals surface area contributed by atoms with Crippen molar-refractivity contribution in [2.45, 2.75) is 72.1 Å². The van der Waals surface area contributed by atoms with E-state index in [1.54, 1.807) is 0 Å². The lowest BCUT2D eigenvalue weighted by Crippen LogP contribution is -2.25. The van der Waals surface area contributed by atoms with Gasteiger partial charge in [-0.1, -0.05) is 46.2 Å². The Morgan fingerprint density at radius 1 is 1.19 bits per heavy atom. The van der Waals surface area contributed by atoms with Gasteiger partial charge in [0.05, 0.1) is 5.69 Å². The van der Waals surface area contributed by atoms with E-state index in [2.05, 4.69) is 40.7 Å². The van der Waals surface area contributed by atoms with E-state index in [-0.39, 0.29) is 11.2 Å². The molecule has 0 aliphatic carbocycles. The average molecular weight is 285 g/mol. The largest absolute Gasteiger partial charge is 0.294 e. The van der Waals surface area contributed by atoms with Gasteiger partial charge in [-0.25, -0.2) is 0 Å². The van der Waals surface area contributed by atoms with Crippen LogP contribution in [0.15, 0.2) is 17.1 Å². The van der Waals surface area contributed by atoms with Crippen molar-refractivity contribution < 1.29 is 4.79 Å². The first-order valence-corrected chi connectivity index (χ1v) is 8.18. The molecule has 0 radical (unpaired) electrons. The second kappa shape index (κ2) is 6.13. The summed E-state index contributed by atoms with van der Waals surface area (Å²) in [5.74, 6) is 0.258. The van der Waals surface area contributed by atoms with Crippen LogP contribution in [-0.4, -0.2) is 11.5 Å². The molecule has 2 heteroatoms. The number of unbranched alkanes of at least 4 members (excludes halogenated alkanes) is 1. The molecule has 1 aromatic rings. The van der Waals surface area contributed by atoms with E-state index in [9.17, 15) is 4.79 Å². The number of fused-ring (bicyclic) bond motifs is 1. The number of ketones is 1. The first kappa shape index (κ1) is 15.9. The van der Waals surface area contributed by atoms with Gasteiger partial charge in [0.15, 0.2) is 5.78 Å². The fourth-order valence-electron chi connectivity index (χ4n) is 3.05. The van der Waals surface area contributed by atoms with Crippen LogP contribution in [0.4, 0.5) is 5.69 Å². The molecule has 21 heavy (non-hydrogen) atoms. The molecule has 0 bridgehead atoms. The van der Waals surface area contributed by atoms with Gasteiger partial charge in [0.25, 0.3) is 0 Å². The molecule has 0 fully saturated rings. The maximum Gasteiger partial charge on any atom is 0.163 e. The van der Waals surface area contributed by atoms with Crippen LogP contribution in [-0.2, 0) is 11.8 Å². The molecule has 0 atom stereocenters. The number of carbonyl (C=O) groups is 1. The number of hydrogen-bond acceptors (Lipinski definition) is 2. The molecule has 0 N–H and O–H groups in total. The van der Waals surface area contributed by atoms with Crippen molar-refractivity contribution in [3.8, 4) is 0 Å². The smallest absolute Gasteiger partial charge is 0.163 e. The molecule has 0 saturated heterocycles. The van der Waals surface area contributed by atoms with Crippen molar-refractivity contribution >= 4 is 17.2 Å². The van der Waals surface area contributed by atoms with Gasteiger partial charge in [0, 0.05) is 28.7 Å². The Hall–Kier alpha value is -1.44. The molecule has 114 valence electrons. The highest BCUT2D eigenvalue weighted by atomic mass is 16.1. The number of aryl methyl sites for hydroxylation is 1. The van der Waals surface area contributed by atoms with Crippen LogP contribution in [0.5, 0.6) is 0 Å². The predicted molar refractivity (Wildman–Crippen MR) is 90.1 cm³/mol. The molecule has 0 aromatic heterocycles. The van der Waals surface area contributed by atoms with Gasteiger partial charge in [-0.15, -0.1) is 0 Å². The van der Waals surface area contributed by atoms with Crippen LogP contribution in [0.25, 0.3) is 0 Å². The van der Waals surface area contributed by atoms with Gasteiger partial charge < -0.3 is 0 Å². The topological polar surface area (TPSA) is 29.4 Å². The summed E-state index contributed by atoms with van der Waals surface area (Å²) < 4.78 is 0. The third kappa shape index (κ3) is 2.81. The fourth-order valence-corrected chi connectivity index (χ4v) is 3.05. The van der Waals surface area contributed by atoms with E-state index in [1.807, 2.05) is 6.07 Å². The van der Waals surface area contributed by atoms with Crippen LogP contribution in [0, 0.1) is 0 Å². The second-order valence-corrected chi connectivity index (χ2v) is 6.59. The van der Waals surface area contributed by atoms with E-state index in [1.165, 1.54) is 18.4 Å². The normalized spacial score (nSPS) is 15.8. The predicted octanol–water partition coefficient (Wildman–Crippen LogP) is 5.40. The van der Waals surface area contributed by atoms with Crippen LogP contribution >= 0.6 is 0 Å². The van der Waals surface area contributed by atoms with E-state index >= 15 is 0 Å². The quantitative estimate of drug-likeness (QED) is 0.644. The summed E-state index contributed by atoms with van der Waals surface area (Å²) in [7, 11) is 0. The minimum atomic E-state index is -0.129. The second-order valence-electron chi connectivity index (χ2n) is 6.59. The van der Waals surface area contributed by atoms with Gasteiger partial charge in [-0.3, -0.25) is 9.79 Å². The Kier molecular flexibility index (Phi) is 4.65. The number of rotatable bonds is 6. The lowest BCUT2D eigenvalue weighted by molar-refractivity contribution is 0.0980. The molecule has 0 saturated carbocycles. The van der Waals surface area contributed by atoms with Crippen LogP contribution in [0.1, 0.15) is 81.8 Å². The minimum absolute atomic E-state index is 0.129. The summed E-state index contributed by atoms with van der Waals surface area (Å²) in [4.78, 5) is 17.3. The average Bonchev–Trinajstić information content (AvgIpc) is 2.68. The molecule has 2 rings (SSSR count). The number of aliphatic imine (C=N–C) groups is 1. The molecule has 1 aromatic carbocycles. The van der Waals surface area contributed by atoms with Crippen molar-refractivity contribution in [2.24, 2.45) is 4.99 Å². The van der Waals surface area contributed by atoms with Crippen molar-refractivity contribution in [3.05, 3.63) is 28.8 Å². The molecule has 0 unspecified atom stereocenters. The van der Waals surface area contributed by atoms with Gasteiger partial charge >= 0.3 is 0 Å². The van der Waals surface area contributed by atoms with Crippen molar-refractivity contribution in [2.75, 3.05) is 0 Å². The summed E-state index contributed by atoms with van der Waals surface area (Å²) in [6.45, 7) is 10.7. The Balaban J connectivity index is 2.55. The Morgan fingerprint density at radius 3 is 2.52 bits per heavy atom. The third-order valence-electron chi connectivity index (χ3n) is 4.65. The number of nitrogens with zero attached hydrogens (tertiary/aromatic N) is 1. The van der Waals surface area contributed by atoms with E-state index < -0.39 is 0 Å². The molecule has 1 heterocycles. The summed E-state index contributed by atoms with van der Waals surface area (Å²) >= 11 is 0. The molecular weight excluding hydrogens is 258 g/mol. The van der Waals surface area contributed by atoms with E-state index in [0.717, 1.165) is 35.4 Å². The summed E-state index contributed by atoms with van der Waals surface area (Å²) in [5, 5.41) is 0. The molecular formula is C19H27NO. The van der Waals surface area contributed by atoms with Gasteiger partial charge in [0.2, 0.25) is 0 Å². The zero-order valence-electron chi connectivity index (χ0n) is 14.0. The lowest BCUT2D eigenvalue weighted by atomic mass is 9.77. The fraction of sp³-hybridized carbons (Fsp3) is 0.579. The highest BCUT2D eigenvalue weighted by Gasteiger charge is 2.36. The SMILES string of the molecule is CCCCc1ccc(C(=O)CCC)c2c1N=C(C)C2(C)C. The molecule has 1 aliphatic heterocycles. The standard InChI is InChI=1S/C19H27NO/c1-6-8-10-14-11-12-15(16(21)9-7-2)17-18(14)20-13(3)19(17,4)5/h11-12H,6-10H2,1-5H3. The first-order valence-electron chi connectivity index (χ1n) is 8.18. The number of hydrogen-bond donors (Lipinski definition) is 0. The van der Waals surface area contributed by atoms with Gasteiger partial charge in [-0.2, -0.15) is 0 Å². The Labute approximate surface area is 128 Å². The van der Waals surface area contributed by atoms with Gasteiger partial charge in [-0.05, 0) is 31.7 Å². The highest BCUT2D eigenvalue weighted by Crippen LogP contribution is 2.44. The maximum atomic E-state index is 12.5. The molecule has 0 spiro atoms. The van der Waals surface area contributed by atoms with E-state index in [4.69, 9.17) is 4.99 Å². The molecule has 1 aliphatic rings. The van der Waals surface area contributed by atoms with E-state index in [0.29, 0.717) is 6.42 Å². The highest BCUT2D eigenvalue weighted by molar-refractivity contribution is 6.07. The molecule has 0 amide bonds. The van der Waals surface area contributed by atoms with Crippen LogP contribution in [0.3, 0.4) is 0 Å². The zero-order chi connectivity index (χ0) is 15.6. The first-order chi connectivity index (χ1) is 9.93. The summed E-state index contributed by atoms with van der Waals surface area (Å²) in [6.07, 6.45) is 4.91. The van der Waals surface area contributed by atoms with Crippen LogP contribution in [0.2, 0.25) is 0 Å². The lowest BCUT2D eigenvalue weighted by Gasteiger charge is -2.23.